The Morgan fingerprint density at radius 3 is 2.47 bits per heavy atom. The zero-order valence-corrected chi connectivity index (χ0v) is 8.10. The molecule has 78 valence electrons. The Morgan fingerprint density at radius 2 is 2.00 bits per heavy atom. The number of rotatable bonds is 4. The molecule has 0 spiro atoms. The molecule has 0 bridgehead atoms. The van der Waals surface area contributed by atoms with Crippen molar-refractivity contribution in [1.82, 2.24) is 5.43 Å². The number of carboxylic acid groups (broad SMARTS) is 1. The SMILES string of the molecule is C=C(NN)/C(=C/c1ccccc1)C(=O)O. The second-order valence-corrected chi connectivity index (χ2v) is 2.90. The van der Waals surface area contributed by atoms with Crippen LogP contribution in [0.4, 0.5) is 0 Å². The molecule has 1 aromatic carbocycles. The van der Waals surface area contributed by atoms with Crippen molar-refractivity contribution < 1.29 is 9.90 Å². The molecule has 1 rings (SSSR count). The van der Waals surface area contributed by atoms with Crippen molar-refractivity contribution in [2.24, 2.45) is 5.84 Å². The molecule has 4 nitrogen and oxygen atoms in total. The third-order valence-electron chi connectivity index (χ3n) is 1.84. The van der Waals surface area contributed by atoms with Crippen molar-refractivity contribution in [2.45, 2.75) is 0 Å². The van der Waals surface area contributed by atoms with E-state index in [4.69, 9.17) is 10.9 Å². The molecule has 0 atom stereocenters. The fraction of sp³-hybridized carbons (Fsp3) is 0. The van der Waals surface area contributed by atoms with Gasteiger partial charge in [-0.2, -0.15) is 0 Å². The van der Waals surface area contributed by atoms with Gasteiger partial charge in [-0.15, -0.1) is 0 Å². The van der Waals surface area contributed by atoms with Crippen molar-refractivity contribution in [3.63, 3.8) is 0 Å². The van der Waals surface area contributed by atoms with Crippen LogP contribution in [-0.4, -0.2) is 11.1 Å². The molecule has 1 aromatic rings. The van der Waals surface area contributed by atoms with Gasteiger partial charge in [0.05, 0.1) is 11.3 Å². The summed E-state index contributed by atoms with van der Waals surface area (Å²) >= 11 is 0. The molecular weight excluding hydrogens is 192 g/mol. The van der Waals surface area contributed by atoms with Crippen molar-refractivity contribution in [2.75, 3.05) is 0 Å². The van der Waals surface area contributed by atoms with E-state index >= 15 is 0 Å². The first-order chi connectivity index (χ1) is 7.15. The lowest BCUT2D eigenvalue weighted by atomic mass is 10.1. The molecule has 0 amide bonds. The van der Waals surface area contributed by atoms with Crippen LogP contribution in [0.25, 0.3) is 6.08 Å². The molecule has 0 saturated heterocycles. The Morgan fingerprint density at radius 1 is 1.40 bits per heavy atom. The van der Waals surface area contributed by atoms with Crippen LogP contribution in [0.3, 0.4) is 0 Å². The Labute approximate surface area is 87.7 Å². The standard InChI is InChI=1S/C11H12N2O2/c1-8(13-12)10(11(14)15)7-9-5-3-2-4-6-9/h2-7,13H,1,12H2,(H,14,15)/b10-7-. The normalized spacial score (nSPS) is 10.9. The zero-order chi connectivity index (χ0) is 11.3. The van der Waals surface area contributed by atoms with Crippen molar-refractivity contribution in [3.05, 3.63) is 53.7 Å². The van der Waals surface area contributed by atoms with Gasteiger partial charge in [-0.05, 0) is 11.6 Å². The lowest BCUT2D eigenvalue weighted by Crippen LogP contribution is -2.24. The average Bonchev–Trinajstić information content (AvgIpc) is 2.26. The highest BCUT2D eigenvalue weighted by Gasteiger charge is 2.10. The molecule has 4 heteroatoms. The van der Waals surface area contributed by atoms with Crippen LogP contribution in [0.15, 0.2) is 48.2 Å². The van der Waals surface area contributed by atoms with Gasteiger partial charge in [-0.1, -0.05) is 36.9 Å². The minimum atomic E-state index is -1.07. The van der Waals surface area contributed by atoms with E-state index in [1.165, 1.54) is 6.08 Å². The summed E-state index contributed by atoms with van der Waals surface area (Å²) in [6, 6.07) is 9.10. The third-order valence-corrected chi connectivity index (χ3v) is 1.84. The predicted octanol–water partition coefficient (Wildman–Crippen LogP) is 1.13. The second kappa shape index (κ2) is 4.97. The summed E-state index contributed by atoms with van der Waals surface area (Å²) < 4.78 is 0. The first kappa shape index (κ1) is 11.0. The van der Waals surface area contributed by atoms with Gasteiger partial charge in [-0.3, -0.25) is 5.84 Å². The molecule has 0 aliphatic carbocycles. The third kappa shape index (κ3) is 2.96. The van der Waals surface area contributed by atoms with E-state index in [1.54, 1.807) is 12.1 Å². The van der Waals surface area contributed by atoms with Gasteiger partial charge in [0.2, 0.25) is 0 Å². The summed E-state index contributed by atoms with van der Waals surface area (Å²) in [6.07, 6.45) is 1.50. The molecule has 0 fully saturated rings. The highest BCUT2D eigenvalue weighted by atomic mass is 16.4. The molecule has 0 radical (unpaired) electrons. The number of carbonyl (C=O) groups is 1. The summed E-state index contributed by atoms with van der Waals surface area (Å²) in [5.41, 5.74) is 3.22. The fourth-order valence-corrected chi connectivity index (χ4v) is 1.07. The van der Waals surface area contributed by atoms with E-state index in [9.17, 15) is 4.79 Å². The summed E-state index contributed by atoms with van der Waals surface area (Å²) in [4.78, 5) is 10.9. The lowest BCUT2D eigenvalue weighted by molar-refractivity contribution is -0.132. The lowest BCUT2D eigenvalue weighted by Gasteiger charge is -2.05. The zero-order valence-electron chi connectivity index (χ0n) is 8.10. The quantitative estimate of drug-likeness (QED) is 0.297. The van der Waals surface area contributed by atoms with Crippen molar-refractivity contribution >= 4 is 12.0 Å². The summed E-state index contributed by atoms with van der Waals surface area (Å²) in [6.45, 7) is 3.51. The number of carboxylic acids is 1. The number of benzene rings is 1. The molecule has 0 aliphatic heterocycles. The summed E-state index contributed by atoms with van der Waals surface area (Å²) in [5, 5.41) is 8.91. The van der Waals surface area contributed by atoms with Crippen LogP contribution < -0.4 is 11.3 Å². The van der Waals surface area contributed by atoms with E-state index < -0.39 is 5.97 Å². The molecule has 0 aliphatic rings. The van der Waals surface area contributed by atoms with Crippen LogP contribution in [0, 0.1) is 0 Å². The Kier molecular flexibility index (Phi) is 3.65. The van der Waals surface area contributed by atoms with Gasteiger partial charge >= 0.3 is 5.97 Å². The summed E-state index contributed by atoms with van der Waals surface area (Å²) in [5.74, 6) is 4.04. The van der Waals surface area contributed by atoms with E-state index in [1.807, 2.05) is 18.2 Å². The summed E-state index contributed by atoms with van der Waals surface area (Å²) in [7, 11) is 0. The molecule has 0 saturated carbocycles. The fourth-order valence-electron chi connectivity index (χ4n) is 1.07. The highest BCUT2D eigenvalue weighted by molar-refractivity contribution is 5.96. The second-order valence-electron chi connectivity index (χ2n) is 2.90. The smallest absolute Gasteiger partial charge is 0.337 e. The predicted molar refractivity (Wildman–Crippen MR) is 58.5 cm³/mol. The monoisotopic (exact) mass is 204 g/mol. The number of aliphatic carboxylic acids is 1. The number of hydrogen-bond donors (Lipinski definition) is 3. The topological polar surface area (TPSA) is 75.3 Å². The number of hydrogen-bond acceptors (Lipinski definition) is 3. The first-order valence-corrected chi connectivity index (χ1v) is 4.31. The van der Waals surface area contributed by atoms with Crippen LogP contribution >= 0.6 is 0 Å². The van der Waals surface area contributed by atoms with Crippen LogP contribution in [0.1, 0.15) is 5.56 Å². The average molecular weight is 204 g/mol. The van der Waals surface area contributed by atoms with E-state index in [0.717, 1.165) is 5.56 Å². The number of nitrogens with one attached hydrogen (secondary N) is 1. The molecule has 15 heavy (non-hydrogen) atoms. The molecule has 0 heterocycles. The van der Waals surface area contributed by atoms with Crippen molar-refractivity contribution in [3.8, 4) is 0 Å². The Balaban J connectivity index is 3.05. The molecule has 0 unspecified atom stereocenters. The minimum absolute atomic E-state index is 0.0451. The van der Waals surface area contributed by atoms with E-state index in [-0.39, 0.29) is 11.3 Å². The van der Waals surface area contributed by atoms with Crippen LogP contribution in [0.2, 0.25) is 0 Å². The van der Waals surface area contributed by atoms with Crippen LogP contribution in [0.5, 0.6) is 0 Å². The minimum Gasteiger partial charge on any atom is -0.478 e. The van der Waals surface area contributed by atoms with Gasteiger partial charge in [-0.25, -0.2) is 4.79 Å². The van der Waals surface area contributed by atoms with Gasteiger partial charge in [0, 0.05) is 0 Å². The maximum absolute atomic E-state index is 10.9. The van der Waals surface area contributed by atoms with Gasteiger partial charge < -0.3 is 10.5 Å². The Hall–Kier alpha value is -2.07. The number of hydrazine groups is 1. The van der Waals surface area contributed by atoms with Crippen molar-refractivity contribution in [1.29, 1.82) is 0 Å². The van der Waals surface area contributed by atoms with Gasteiger partial charge in [0.15, 0.2) is 0 Å². The largest absolute Gasteiger partial charge is 0.478 e. The van der Waals surface area contributed by atoms with E-state index in [0.29, 0.717) is 0 Å². The maximum Gasteiger partial charge on any atom is 0.337 e. The molecule has 0 aromatic heterocycles. The first-order valence-electron chi connectivity index (χ1n) is 4.31. The van der Waals surface area contributed by atoms with Gasteiger partial charge in [0.25, 0.3) is 0 Å². The maximum atomic E-state index is 10.9. The highest BCUT2D eigenvalue weighted by Crippen LogP contribution is 2.11. The van der Waals surface area contributed by atoms with E-state index in [2.05, 4.69) is 12.0 Å². The molecule has 4 N–H and O–H groups in total. The Bertz CT molecular complexity index is 396. The van der Waals surface area contributed by atoms with Crippen LogP contribution in [-0.2, 0) is 4.79 Å². The molecular formula is C11H12N2O2. The number of nitrogens with two attached hydrogens (primary N) is 1. The van der Waals surface area contributed by atoms with Gasteiger partial charge in [0.1, 0.15) is 0 Å².